The molecule has 2 N–H and O–H groups in total. The van der Waals surface area contributed by atoms with Gasteiger partial charge in [-0.3, -0.25) is 4.79 Å². The van der Waals surface area contributed by atoms with Gasteiger partial charge in [0.05, 0.1) is 5.56 Å². The number of halogens is 3. The normalized spacial score (nSPS) is 12.6. The summed E-state index contributed by atoms with van der Waals surface area (Å²) in [4.78, 5) is 11.5. The molecular weight excluding hydrogens is 257 g/mol. The highest BCUT2D eigenvalue weighted by Crippen LogP contribution is 2.30. The van der Waals surface area contributed by atoms with E-state index in [1.807, 2.05) is 0 Å². The van der Waals surface area contributed by atoms with Crippen molar-refractivity contribution in [3.63, 3.8) is 0 Å². The van der Waals surface area contributed by atoms with Crippen LogP contribution in [0.15, 0.2) is 36.9 Å². The van der Waals surface area contributed by atoms with Gasteiger partial charge in [0.1, 0.15) is 6.04 Å². The lowest BCUT2D eigenvalue weighted by molar-refractivity contribution is -0.137. The fraction of sp³-hybridized carbons (Fsp3) is 0.308. The Morgan fingerprint density at radius 3 is 2.74 bits per heavy atom. The van der Waals surface area contributed by atoms with Crippen LogP contribution in [0.1, 0.15) is 12.5 Å². The van der Waals surface area contributed by atoms with Gasteiger partial charge in [-0.1, -0.05) is 12.1 Å². The third-order valence-electron chi connectivity index (χ3n) is 2.39. The third-order valence-corrected chi connectivity index (χ3v) is 2.39. The molecule has 1 unspecified atom stereocenters. The Balaban J connectivity index is 2.72. The van der Waals surface area contributed by atoms with Gasteiger partial charge >= 0.3 is 6.18 Å². The van der Waals surface area contributed by atoms with E-state index in [2.05, 4.69) is 17.2 Å². The molecule has 1 aromatic rings. The summed E-state index contributed by atoms with van der Waals surface area (Å²) in [6.07, 6.45) is -2.87. The van der Waals surface area contributed by atoms with E-state index in [1.165, 1.54) is 18.2 Å². The van der Waals surface area contributed by atoms with Gasteiger partial charge in [0.2, 0.25) is 5.91 Å². The molecule has 0 spiro atoms. The van der Waals surface area contributed by atoms with Crippen LogP contribution in [-0.4, -0.2) is 18.5 Å². The van der Waals surface area contributed by atoms with Crippen LogP contribution >= 0.6 is 0 Å². The Labute approximate surface area is 109 Å². The second-order valence-electron chi connectivity index (χ2n) is 3.98. The predicted octanol–water partition coefficient (Wildman–Crippen LogP) is 2.81. The van der Waals surface area contributed by atoms with Crippen LogP contribution in [0.5, 0.6) is 0 Å². The van der Waals surface area contributed by atoms with Gasteiger partial charge in [0.25, 0.3) is 0 Å². The largest absolute Gasteiger partial charge is 0.416 e. The smallest absolute Gasteiger partial charge is 0.374 e. The van der Waals surface area contributed by atoms with Gasteiger partial charge in [-0.25, -0.2) is 0 Å². The first-order chi connectivity index (χ1) is 8.84. The van der Waals surface area contributed by atoms with Crippen molar-refractivity contribution in [2.24, 2.45) is 0 Å². The maximum absolute atomic E-state index is 12.5. The van der Waals surface area contributed by atoms with Gasteiger partial charge in [0.15, 0.2) is 0 Å². The van der Waals surface area contributed by atoms with Crippen molar-refractivity contribution in [2.45, 2.75) is 19.1 Å². The topological polar surface area (TPSA) is 41.1 Å². The molecule has 0 saturated heterocycles. The fourth-order valence-corrected chi connectivity index (χ4v) is 1.43. The SMILES string of the molecule is C=CCNC(=O)C(C)Nc1cccc(C(F)(F)F)c1. The average molecular weight is 272 g/mol. The van der Waals surface area contributed by atoms with E-state index in [-0.39, 0.29) is 11.6 Å². The number of hydrogen-bond acceptors (Lipinski definition) is 2. The van der Waals surface area contributed by atoms with Gasteiger partial charge in [0, 0.05) is 12.2 Å². The molecular formula is C13H15F3N2O. The molecule has 0 radical (unpaired) electrons. The maximum Gasteiger partial charge on any atom is 0.416 e. The number of benzene rings is 1. The van der Waals surface area contributed by atoms with Crippen LogP contribution in [0.25, 0.3) is 0 Å². The minimum Gasteiger partial charge on any atom is -0.374 e. The summed E-state index contributed by atoms with van der Waals surface area (Å²) in [5.41, 5.74) is -0.507. The third kappa shape index (κ3) is 4.65. The standard InChI is InChI=1S/C13H15F3N2O/c1-3-7-17-12(19)9(2)18-11-6-4-5-10(8-11)13(14,15)16/h3-6,8-9,18H,1,7H2,2H3,(H,17,19). The number of amides is 1. The average Bonchev–Trinajstić information content (AvgIpc) is 2.35. The Morgan fingerprint density at radius 1 is 1.47 bits per heavy atom. The van der Waals surface area contributed by atoms with Crippen molar-refractivity contribution in [1.82, 2.24) is 5.32 Å². The highest BCUT2D eigenvalue weighted by molar-refractivity contribution is 5.84. The Hall–Kier alpha value is -1.98. The molecule has 0 aliphatic rings. The number of hydrogen-bond donors (Lipinski definition) is 2. The lowest BCUT2D eigenvalue weighted by Crippen LogP contribution is -2.37. The number of carbonyl (C=O) groups is 1. The van der Waals surface area contributed by atoms with Crippen molar-refractivity contribution in [3.05, 3.63) is 42.5 Å². The first-order valence-corrected chi connectivity index (χ1v) is 5.67. The first-order valence-electron chi connectivity index (χ1n) is 5.67. The maximum atomic E-state index is 12.5. The molecule has 6 heteroatoms. The van der Waals surface area contributed by atoms with E-state index >= 15 is 0 Å². The van der Waals surface area contributed by atoms with E-state index < -0.39 is 17.8 Å². The van der Waals surface area contributed by atoms with Crippen LogP contribution < -0.4 is 10.6 Å². The van der Waals surface area contributed by atoms with Gasteiger partial charge in [-0.15, -0.1) is 6.58 Å². The molecule has 3 nitrogen and oxygen atoms in total. The predicted molar refractivity (Wildman–Crippen MR) is 67.7 cm³/mol. The van der Waals surface area contributed by atoms with Gasteiger partial charge in [-0.05, 0) is 25.1 Å². The molecule has 0 bridgehead atoms. The van der Waals surface area contributed by atoms with Gasteiger partial charge in [-0.2, -0.15) is 13.2 Å². The lowest BCUT2D eigenvalue weighted by atomic mass is 10.2. The number of rotatable bonds is 5. The lowest BCUT2D eigenvalue weighted by Gasteiger charge is -2.16. The summed E-state index contributed by atoms with van der Waals surface area (Å²) in [5, 5.41) is 5.27. The number of carbonyl (C=O) groups excluding carboxylic acids is 1. The quantitative estimate of drug-likeness (QED) is 0.809. The van der Waals surface area contributed by atoms with Crippen LogP contribution in [-0.2, 0) is 11.0 Å². The minimum absolute atomic E-state index is 0.246. The van der Waals surface area contributed by atoms with E-state index in [0.717, 1.165) is 12.1 Å². The number of anilines is 1. The van der Waals surface area contributed by atoms with Crippen LogP contribution in [0.3, 0.4) is 0 Å². The van der Waals surface area contributed by atoms with Crippen molar-refractivity contribution < 1.29 is 18.0 Å². The fourth-order valence-electron chi connectivity index (χ4n) is 1.43. The highest BCUT2D eigenvalue weighted by atomic mass is 19.4. The summed E-state index contributed by atoms with van der Waals surface area (Å²) in [5.74, 6) is -0.308. The van der Waals surface area contributed by atoms with Crippen LogP contribution in [0.2, 0.25) is 0 Å². The Bertz CT molecular complexity index is 457. The molecule has 1 atom stereocenters. The molecule has 1 aromatic carbocycles. The molecule has 104 valence electrons. The molecule has 0 fully saturated rings. The summed E-state index contributed by atoms with van der Waals surface area (Å²) >= 11 is 0. The molecule has 0 heterocycles. The summed E-state index contributed by atoms with van der Waals surface area (Å²) in [6.45, 7) is 5.34. The number of nitrogens with one attached hydrogen (secondary N) is 2. The Kier molecular flexibility index (Phi) is 4.97. The van der Waals surface area contributed by atoms with Crippen LogP contribution in [0, 0.1) is 0 Å². The summed E-state index contributed by atoms with van der Waals surface area (Å²) < 4.78 is 37.5. The molecule has 0 saturated carbocycles. The van der Waals surface area contributed by atoms with Crippen molar-refractivity contribution in [1.29, 1.82) is 0 Å². The monoisotopic (exact) mass is 272 g/mol. The molecule has 19 heavy (non-hydrogen) atoms. The van der Waals surface area contributed by atoms with E-state index in [4.69, 9.17) is 0 Å². The van der Waals surface area contributed by atoms with Gasteiger partial charge < -0.3 is 10.6 Å². The molecule has 1 rings (SSSR count). The zero-order valence-corrected chi connectivity index (χ0v) is 10.4. The Morgan fingerprint density at radius 2 is 2.16 bits per heavy atom. The second kappa shape index (κ2) is 6.26. The zero-order valence-electron chi connectivity index (χ0n) is 10.4. The number of alkyl halides is 3. The summed E-state index contributed by atoms with van der Waals surface area (Å²) in [6, 6.07) is 4.08. The second-order valence-corrected chi connectivity index (χ2v) is 3.98. The highest BCUT2D eigenvalue weighted by Gasteiger charge is 2.30. The van der Waals surface area contributed by atoms with Crippen molar-refractivity contribution in [2.75, 3.05) is 11.9 Å². The molecule has 0 aliphatic heterocycles. The molecule has 0 aromatic heterocycles. The molecule has 0 aliphatic carbocycles. The van der Waals surface area contributed by atoms with Crippen molar-refractivity contribution >= 4 is 11.6 Å². The van der Waals surface area contributed by atoms with Crippen molar-refractivity contribution in [3.8, 4) is 0 Å². The summed E-state index contributed by atoms with van der Waals surface area (Å²) in [7, 11) is 0. The zero-order chi connectivity index (χ0) is 14.5. The minimum atomic E-state index is -4.40. The van der Waals surface area contributed by atoms with E-state index in [9.17, 15) is 18.0 Å². The first kappa shape index (κ1) is 15.1. The van der Waals surface area contributed by atoms with Crippen LogP contribution in [0.4, 0.5) is 18.9 Å². The molecule has 1 amide bonds. The van der Waals surface area contributed by atoms with E-state index in [1.54, 1.807) is 6.92 Å². The van der Waals surface area contributed by atoms with E-state index in [0.29, 0.717) is 6.54 Å².